The van der Waals surface area contributed by atoms with Crippen LogP contribution in [0.3, 0.4) is 0 Å². The number of rotatable bonds is 6. The number of nitrogens with one attached hydrogen (secondary N) is 1. The molecule has 2 aromatic carbocycles. The summed E-state index contributed by atoms with van der Waals surface area (Å²) in [5.41, 5.74) is 9.39. The van der Waals surface area contributed by atoms with Gasteiger partial charge in [-0.1, -0.05) is 60.2 Å². The van der Waals surface area contributed by atoms with Crippen molar-refractivity contribution in [2.24, 2.45) is 0 Å². The highest BCUT2D eigenvalue weighted by Gasteiger charge is 2.20. The number of hydrogen-bond acceptors (Lipinski definition) is 5. The normalized spacial score (nSPS) is 11.8. The number of anilines is 1. The fourth-order valence-corrected chi connectivity index (χ4v) is 2.86. The smallest absolute Gasteiger partial charge is 0.255 e. The molecule has 27 heavy (non-hydrogen) atoms. The third-order valence-corrected chi connectivity index (χ3v) is 4.30. The van der Waals surface area contributed by atoms with Crippen LogP contribution in [0.25, 0.3) is 11.3 Å². The van der Waals surface area contributed by atoms with Crippen molar-refractivity contribution in [2.75, 3.05) is 12.3 Å². The summed E-state index contributed by atoms with van der Waals surface area (Å²) in [6.45, 7) is 1.96. The number of hydrogen-bond donors (Lipinski definition) is 3. The molecule has 0 unspecified atom stereocenters. The molecule has 0 saturated carbocycles. The molecule has 3 rings (SSSR count). The first kappa shape index (κ1) is 18.5. The molecule has 0 spiro atoms. The van der Waals surface area contributed by atoms with Gasteiger partial charge in [0.05, 0.1) is 17.3 Å². The number of benzene rings is 2. The van der Waals surface area contributed by atoms with Gasteiger partial charge in [-0.25, -0.2) is 9.97 Å². The maximum absolute atomic E-state index is 13.0. The zero-order valence-electron chi connectivity index (χ0n) is 15.1. The first-order valence-electron chi connectivity index (χ1n) is 8.74. The quantitative estimate of drug-likeness (QED) is 0.626. The zero-order chi connectivity index (χ0) is 19.2. The van der Waals surface area contributed by atoms with Gasteiger partial charge in [-0.3, -0.25) is 4.79 Å². The predicted molar refractivity (Wildman–Crippen MR) is 105 cm³/mol. The van der Waals surface area contributed by atoms with Crippen molar-refractivity contribution in [1.29, 1.82) is 0 Å². The minimum atomic E-state index is -0.315. The lowest BCUT2D eigenvalue weighted by Crippen LogP contribution is -2.30. The van der Waals surface area contributed by atoms with E-state index >= 15 is 0 Å². The van der Waals surface area contributed by atoms with Gasteiger partial charge in [-0.15, -0.1) is 0 Å². The fourth-order valence-electron chi connectivity index (χ4n) is 2.86. The summed E-state index contributed by atoms with van der Waals surface area (Å²) in [6.07, 6.45) is 1.84. The summed E-state index contributed by atoms with van der Waals surface area (Å²) in [6, 6.07) is 16.9. The topological polar surface area (TPSA) is 101 Å². The van der Waals surface area contributed by atoms with Gasteiger partial charge in [0.2, 0.25) is 5.95 Å². The zero-order valence-corrected chi connectivity index (χ0v) is 15.1. The van der Waals surface area contributed by atoms with E-state index in [4.69, 9.17) is 5.73 Å². The number of nitrogens with zero attached hydrogens (tertiary/aromatic N) is 2. The molecule has 1 aromatic heterocycles. The molecule has 0 aliphatic rings. The van der Waals surface area contributed by atoms with Crippen molar-refractivity contribution in [2.45, 2.75) is 19.4 Å². The Bertz CT molecular complexity index is 911. The molecule has 0 saturated heterocycles. The number of aromatic nitrogens is 2. The van der Waals surface area contributed by atoms with Crippen molar-refractivity contribution in [3.05, 3.63) is 77.5 Å². The summed E-state index contributed by atoms with van der Waals surface area (Å²) >= 11 is 0. The van der Waals surface area contributed by atoms with Crippen LogP contribution in [-0.4, -0.2) is 27.6 Å². The summed E-state index contributed by atoms with van der Waals surface area (Å²) in [5.74, 6) is -0.205. The van der Waals surface area contributed by atoms with Crippen molar-refractivity contribution < 1.29 is 9.90 Å². The second-order valence-electron chi connectivity index (χ2n) is 6.31. The Balaban J connectivity index is 1.91. The second kappa shape index (κ2) is 8.42. The van der Waals surface area contributed by atoms with E-state index in [-0.39, 0.29) is 24.5 Å². The average molecular weight is 362 g/mol. The highest BCUT2D eigenvalue weighted by molar-refractivity contribution is 6.00. The standard InChI is InChI=1S/C21H22N4O2/c1-14-7-9-15(10-8-14)18(11-12-26)24-20(27)17-13-23-21(22)25-19(17)16-5-3-2-4-6-16/h2-10,13,18,26H,11-12H2,1H3,(H,24,27)(H2,22,23,25)/t18-/m1/s1. The lowest BCUT2D eigenvalue weighted by Gasteiger charge is -2.19. The third kappa shape index (κ3) is 4.48. The Morgan fingerprint density at radius 1 is 1.15 bits per heavy atom. The van der Waals surface area contributed by atoms with Crippen LogP contribution in [0.5, 0.6) is 0 Å². The van der Waals surface area contributed by atoms with Gasteiger partial charge in [-0.2, -0.15) is 0 Å². The van der Waals surface area contributed by atoms with E-state index in [1.165, 1.54) is 6.20 Å². The highest BCUT2D eigenvalue weighted by Crippen LogP contribution is 2.23. The van der Waals surface area contributed by atoms with E-state index in [9.17, 15) is 9.90 Å². The van der Waals surface area contributed by atoms with E-state index in [0.717, 1.165) is 16.7 Å². The molecule has 4 N–H and O–H groups in total. The molecule has 3 aromatic rings. The fraction of sp³-hybridized carbons (Fsp3) is 0.190. The molecule has 138 valence electrons. The molecule has 6 nitrogen and oxygen atoms in total. The molecule has 0 aliphatic carbocycles. The van der Waals surface area contributed by atoms with Gasteiger partial charge in [0, 0.05) is 18.4 Å². The number of aliphatic hydroxyl groups excluding tert-OH is 1. The van der Waals surface area contributed by atoms with E-state index in [2.05, 4.69) is 15.3 Å². The van der Waals surface area contributed by atoms with E-state index in [1.54, 1.807) is 0 Å². The summed E-state index contributed by atoms with van der Waals surface area (Å²) in [4.78, 5) is 21.2. The van der Waals surface area contributed by atoms with Gasteiger partial charge in [0.25, 0.3) is 5.91 Å². The van der Waals surface area contributed by atoms with Crippen LogP contribution in [0.15, 0.2) is 60.8 Å². The van der Waals surface area contributed by atoms with Crippen LogP contribution in [0.2, 0.25) is 0 Å². The monoisotopic (exact) mass is 362 g/mol. The maximum Gasteiger partial charge on any atom is 0.255 e. The number of carbonyl (C=O) groups excluding carboxylic acids is 1. The van der Waals surface area contributed by atoms with Crippen LogP contribution in [-0.2, 0) is 0 Å². The number of nitrogen functional groups attached to an aromatic ring is 1. The number of nitrogens with two attached hydrogens (primary N) is 1. The Kier molecular flexibility index (Phi) is 5.78. The molecule has 0 radical (unpaired) electrons. The lowest BCUT2D eigenvalue weighted by atomic mass is 10.0. The Hall–Kier alpha value is -3.25. The van der Waals surface area contributed by atoms with Crippen LogP contribution in [0.1, 0.15) is 33.9 Å². The summed E-state index contributed by atoms with van der Waals surface area (Å²) in [7, 11) is 0. The van der Waals surface area contributed by atoms with Crippen molar-refractivity contribution >= 4 is 11.9 Å². The Morgan fingerprint density at radius 2 is 1.85 bits per heavy atom. The number of aliphatic hydroxyl groups is 1. The van der Waals surface area contributed by atoms with Gasteiger partial charge in [0.15, 0.2) is 0 Å². The minimum Gasteiger partial charge on any atom is -0.396 e. The molecule has 0 aliphatic heterocycles. The van der Waals surface area contributed by atoms with Crippen LogP contribution in [0.4, 0.5) is 5.95 Å². The van der Waals surface area contributed by atoms with E-state index in [1.807, 2.05) is 61.5 Å². The van der Waals surface area contributed by atoms with E-state index in [0.29, 0.717) is 17.7 Å². The molecule has 6 heteroatoms. The second-order valence-corrected chi connectivity index (χ2v) is 6.31. The summed E-state index contributed by atoms with van der Waals surface area (Å²) in [5, 5.41) is 12.4. The molecule has 1 heterocycles. The molecule has 1 amide bonds. The SMILES string of the molecule is Cc1ccc([C@@H](CCO)NC(=O)c2cnc(N)nc2-c2ccccc2)cc1. The lowest BCUT2D eigenvalue weighted by molar-refractivity contribution is 0.0930. The molecule has 0 fully saturated rings. The van der Waals surface area contributed by atoms with Crippen LogP contribution >= 0.6 is 0 Å². The Labute approximate surface area is 158 Å². The van der Waals surface area contributed by atoms with Crippen molar-refractivity contribution in [3.63, 3.8) is 0 Å². The first-order chi connectivity index (χ1) is 13.1. The van der Waals surface area contributed by atoms with Gasteiger partial charge >= 0.3 is 0 Å². The molecule has 0 bridgehead atoms. The van der Waals surface area contributed by atoms with Crippen molar-refractivity contribution in [1.82, 2.24) is 15.3 Å². The average Bonchev–Trinajstić information content (AvgIpc) is 2.69. The molecular weight excluding hydrogens is 340 g/mol. The van der Waals surface area contributed by atoms with E-state index < -0.39 is 0 Å². The third-order valence-electron chi connectivity index (χ3n) is 4.30. The largest absolute Gasteiger partial charge is 0.396 e. The van der Waals surface area contributed by atoms with Crippen LogP contribution in [0, 0.1) is 6.92 Å². The van der Waals surface area contributed by atoms with Gasteiger partial charge < -0.3 is 16.2 Å². The van der Waals surface area contributed by atoms with Crippen LogP contribution < -0.4 is 11.1 Å². The molecule has 1 atom stereocenters. The number of carbonyl (C=O) groups is 1. The Morgan fingerprint density at radius 3 is 2.52 bits per heavy atom. The predicted octanol–water partition coefficient (Wildman–Crippen LogP) is 2.89. The molecular formula is C21H22N4O2. The van der Waals surface area contributed by atoms with Gasteiger partial charge in [0.1, 0.15) is 0 Å². The maximum atomic E-state index is 13.0. The summed E-state index contributed by atoms with van der Waals surface area (Å²) < 4.78 is 0. The highest BCUT2D eigenvalue weighted by atomic mass is 16.3. The number of amides is 1. The van der Waals surface area contributed by atoms with Gasteiger partial charge in [-0.05, 0) is 18.9 Å². The van der Waals surface area contributed by atoms with Crippen molar-refractivity contribution in [3.8, 4) is 11.3 Å². The number of aryl methyl sites for hydroxylation is 1. The first-order valence-corrected chi connectivity index (χ1v) is 8.74. The minimum absolute atomic E-state index is 0.0391.